The van der Waals surface area contributed by atoms with Crippen LogP contribution in [0.5, 0.6) is 0 Å². The largest absolute Gasteiger partial charge is 0.327 e. The quantitative estimate of drug-likeness (QED) is 0.803. The molecule has 0 heterocycles. The van der Waals surface area contributed by atoms with Crippen molar-refractivity contribution in [2.24, 2.45) is 5.73 Å². The zero-order valence-electron chi connectivity index (χ0n) is 10.3. The monoisotopic (exact) mass is 224 g/mol. The smallest absolute Gasteiger partial charge is 0.126 e. The van der Waals surface area contributed by atoms with Crippen molar-refractivity contribution in [1.29, 1.82) is 0 Å². The van der Waals surface area contributed by atoms with Crippen LogP contribution in [0.3, 0.4) is 0 Å². The zero-order valence-corrected chi connectivity index (χ0v) is 10.3. The van der Waals surface area contributed by atoms with Gasteiger partial charge in [0.2, 0.25) is 0 Å². The number of benzene rings is 1. The van der Waals surface area contributed by atoms with E-state index >= 15 is 0 Å². The van der Waals surface area contributed by atoms with Gasteiger partial charge in [-0.25, -0.2) is 4.39 Å². The third-order valence-corrected chi connectivity index (χ3v) is 2.64. The van der Waals surface area contributed by atoms with Crippen LogP contribution in [0.15, 0.2) is 24.3 Å². The Morgan fingerprint density at radius 1 is 1.38 bits per heavy atom. The van der Waals surface area contributed by atoms with E-state index in [1.807, 2.05) is 32.9 Å². The Morgan fingerprint density at radius 3 is 2.56 bits per heavy atom. The van der Waals surface area contributed by atoms with E-state index < -0.39 is 0 Å². The first-order valence-corrected chi connectivity index (χ1v) is 5.65. The topological polar surface area (TPSA) is 38.0 Å². The Balaban J connectivity index is 2.66. The van der Waals surface area contributed by atoms with Crippen LogP contribution in [-0.2, 0) is 5.41 Å². The first-order valence-electron chi connectivity index (χ1n) is 5.65. The maximum absolute atomic E-state index is 13.6. The molecular formula is C13H21FN2. The lowest BCUT2D eigenvalue weighted by molar-refractivity contribution is 0.437. The number of hydrogen-bond acceptors (Lipinski definition) is 2. The molecule has 0 aromatic heterocycles. The second kappa shape index (κ2) is 5.41. The minimum atomic E-state index is -0.222. The summed E-state index contributed by atoms with van der Waals surface area (Å²) in [5, 5.41) is 3.26. The van der Waals surface area contributed by atoms with Crippen molar-refractivity contribution in [1.82, 2.24) is 5.32 Å². The molecule has 0 fully saturated rings. The first-order chi connectivity index (χ1) is 7.43. The molecule has 0 amide bonds. The van der Waals surface area contributed by atoms with E-state index in [9.17, 15) is 4.39 Å². The van der Waals surface area contributed by atoms with E-state index in [4.69, 9.17) is 5.73 Å². The lowest BCUT2D eigenvalue weighted by atomic mass is 9.84. The van der Waals surface area contributed by atoms with E-state index in [-0.39, 0.29) is 17.3 Å². The zero-order chi connectivity index (χ0) is 12.2. The highest BCUT2D eigenvalue weighted by Gasteiger charge is 2.23. The maximum Gasteiger partial charge on any atom is 0.126 e. The number of halogens is 1. The number of rotatable bonds is 5. The highest BCUT2D eigenvalue weighted by Crippen LogP contribution is 2.24. The Hall–Kier alpha value is -0.930. The van der Waals surface area contributed by atoms with E-state index in [0.29, 0.717) is 0 Å². The average molecular weight is 224 g/mol. The molecule has 16 heavy (non-hydrogen) atoms. The first kappa shape index (κ1) is 13.1. The Morgan fingerprint density at radius 2 is 2.00 bits per heavy atom. The molecule has 3 heteroatoms. The molecule has 1 atom stereocenters. The van der Waals surface area contributed by atoms with Crippen LogP contribution >= 0.6 is 0 Å². The van der Waals surface area contributed by atoms with Gasteiger partial charge in [-0.2, -0.15) is 0 Å². The minimum Gasteiger partial charge on any atom is -0.327 e. The fraction of sp³-hybridized carbons (Fsp3) is 0.538. The highest BCUT2D eigenvalue weighted by atomic mass is 19.1. The molecule has 1 aromatic carbocycles. The van der Waals surface area contributed by atoms with E-state index in [1.54, 1.807) is 6.07 Å². The third-order valence-electron chi connectivity index (χ3n) is 2.64. The van der Waals surface area contributed by atoms with Gasteiger partial charge < -0.3 is 11.1 Å². The van der Waals surface area contributed by atoms with Gasteiger partial charge in [-0.3, -0.25) is 0 Å². The molecule has 90 valence electrons. The summed E-state index contributed by atoms with van der Waals surface area (Å²) in [5.41, 5.74) is 6.17. The van der Waals surface area contributed by atoms with Crippen LogP contribution in [-0.4, -0.2) is 19.1 Å². The van der Waals surface area contributed by atoms with Gasteiger partial charge in [0.1, 0.15) is 5.82 Å². The van der Waals surface area contributed by atoms with Crippen molar-refractivity contribution in [3.05, 3.63) is 35.6 Å². The van der Waals surface area contributed by atoms with Gasteiger partial charge >= 0.3 is 0 Å². The Labute approximate surface area is 97.0 Å². The fourth-order valence-electron chi connectivity index (χ4n) is 1.72. The normalized spacial score (nSPS) is 13.8. The second-order valence-corrected chi connectivity index (χ2v) is 4.97. The molecule has 0 aliphatic rings. The van der Waals surface area contributed by atoms with Gasteiger partial charge in [-0.05, 0) is 18.6 Å². The van der Waals surface area contributed by atoms with E-state index in [2.05, 4.69) is 5.32 Å². The van der Waals surface area contributed by atoms with Crippen LogP contribution in [0.4, 0.5) is 4.39 Å². The molecular weight excluding hydrogens is 203 g/mol. The van der Waals surface area contributed by atoms with Crippen LogP contribution in [0, 0.1) is 5.82 Å². The Kier molecular flexibility index (Phi) is 4.44. The van der Waals surface area contributed by atoms with Crippen molar-refractivity contribution in [2.75, 3.05) is 13.1 Å². The molecule has 0 bridgehead atoms. The molecule has 0 spiro atoms. The summed E-state index contributed by atoms with van der Waals surface area (Å²) in [6, 6.07) is 7.04. The summed E-state index contributed by atoms with van der Waals surface area (Å²) in [4.78, 5) is 0. The summed E-state index contributed by atoms with van der Waals surface area (Å²) in [6.07, 6.45) is 0. The van der Waals surface area contributed by atoms with Crippen molar-refractivity contribution >= 4 is 0 Å². The molecule has 0 aliphatic heterocycles. The van der Waals surface area contributed by atoms with E-state index in [1.165, 1.54) is 6.07 Å². The summed E-state index contributed by atoms with van der Waals surface area (Å²) in [7, 11) is 0. The Bertz CT molecular complexity index is 334. The summed E-state index contributed by atoms with van der Waals surface area (Å²) >= 11 is 0. The predicted octanol–water partition coefficient (Wildman–Crippen LogP) is 2.04. The predicted molar refractivity (Wildman–Crippen MR) is 65.9 cm³/mol. The van der Waals surface area contributed by atoms with Gasteiger partial charge in [0, 0.05) is 24.5 Å². The summed E-state index contributed by atoms with van der Waals surface area (Å²) < 4.78 is 13.6. The lowest BCUT2D eigenvalue weighted by Gasteiger charge is -2.26. The lowest BCUT2D eigenvalue weighted by Crippen LogP contribution is -2.39. The highest BCUT2D eigenvalue weighted by molar-refractivity contribution is 5.25. The number of hydrogen-bond donors (Lipinski definition) is 2. The third kappa shape index (κ3) is 3.58. The standard InChI is InChI=1S/C13H21FN2/c1-10(15)8-16-9-13(2,3)11-6-4-5-7-12(11)14/h4-7,10,16H,8-9,15H2,1-3H3. The van der Waals surface area contributed by atoms with Gasteiger partial charge in [-0.1, -0.05) is 32.0 Å². The molecule has 3 N–H and O–H groups in total. The van der Waals surface area contributed by atoms with Crippen LogP contribution in [0.25, 0.3) is 0 Å². The molecule has 0 saturated carbocycles. The fourth-order valence-corrected chi connectivity index (χ4v) is 1.72. The molecule has 2 nitrogen and oxygen atoms in total. The van der Waals surface area contributed by atoms with E-state index in [0.717, 1.165) is 18.7 Å². The van der Waals surface area contributed by atoms with Crippen LogP contribution < -0.4 is 11.1 Å². The van der Waals surface area contributed by atoms with Crippen molar-refractivity contribution in [3.63, 3.8) is 0 Å². The van der Waals surface area contributed by atoms with Crippen molar-refractivity contribution in [2.45, 2.75) is 32.2 Å². The van der Waals surface area contributed by atoms with Gasteiger partial charge in [-0.15, -0.1) is 0 Å². The minimum absolute atomic E-state index is 0.122. The van der Waals surface area contributed by atoms with Gasteiger partial charge in [0.05, 0.1) is 0 Å². The van der Waals surface area contributed by atoms with Gasteiger partial charge in [0.15, 0.2) is 0 Å². The van der Waals surface area contributed by atoms with Crippen LogP contribution in [0.1, 0.15) is 26.3 Å². The van der Waals surface area contributed by atoms with Gasteiger partial charge in [0.25, 0.3) is 0 Å². The summed E-state index contributed by atoms with van der Waals surface area (Å²) in [6.45, 7) is 7.47. The van der Waals surface area contributed by atoms with Crippen molar-refractivity contribution in [3.8, 4) is 0 Å². The molecule has 1 aromatic rings. The molecule has 0 radical (unpaired) electrons. The molecule has 1 unspecified atom stereocenters. The number of nitrogens with two attached hydrogens (primary N) is 1. The number of nitrogens with one attached hydrogen (secondary N) is 1. The van der Waals surface area contributed by atoms with Crippen molar-refractivity contribution < 1.29 is 4.39 Å². The molecule has 0 saturated heterocycles. The molecule has 1 rings (SSSR count). The summed E-state index contributed by atoms with van der Waals surface area (Å²) in [5.74, 6) is -0.143. The average Bonchev–Trinajstić information content (AvgIpc) is 2.17. The maximum atomic E-state index is 13.6. The molecule has 0 aliphatic carbocycles. The van der Waals surface area contributed by atoms with Crippen LogP contribution in [0.2, 0.25) is 0 Å². The second-order valence-electron chi connectivity index (χ2n) is 4.97. The SMILES string of the molecule is CC(N)CNCC(C)(C)c1ccccc1F.